The van der Waals surface area contributed by atoms with E-state index in [4.69, 9.17) is 16.9 Å². The maximum Gasteiger partial charge on any atom is 0.135 e. The first-order valence-electron chi connectivity index (χ1n) is 6.41. The second-order valence-corrected chi connectivity index (χ2v) is 8.43. The maximum absolute atomic E-state index is 9.10. The molecule has 104 valence electrons. The van der Waals surface area contributed by atoms with Gasteiger partial charge in [0.05, 0.1) is 12.6 Å². The van der Waals surface area contributed by atoms with Crippen molar-refractivity contribution < 1.29 is 5.11 Å². The Balaban J connectivity index is 2.50. The predicted octanol–water partition coefficient (Wildman–Crippen LogP) is 2.86. The summed E-state index contributed by atoms with van der Waals surface area (Å²) in [6.07, 6.45) is -2.31. The topological polar surface area (TPSA) is 45.0 Å². The Labute approximate surface area is 124 Å². The molecule has 1 atom stereocenters. The Hall–Kier alpha value is -1.35. The summed E-state index contributed by atoms with van der Waals surface area (Å²) in [5.74, 6) is 0. The molecule has 1 unspecified atom stereocenters. The zero-order valence-electron chi connectivity index (χ0n) is 11.3. The molecule has 0 fully saturated rings. The van der Waals surface area contributed by atoms with E-state index in [-0.39, 0.29) is 12.6 Å². The minimum atomic E-state index is -2.31. The van der Waals surface area contributed by atoms with Crippen LogP contribution in [-0.4, -0.2) is 17.8 Å². The fourth-order valence-corrected chi connectivity index (χ4v) is 4.55. The van der Waals surface area contributed by atoms with E-state index in [1.165, 1.54) is 0 Å². The molecule has 20 heavy (non-hydrogen) atoms. The van der Waals surface area contributed by atoms with Crippen LogP contribution in [0, 0.1) is 0 Å². The van der Waals surface area contributed by atoms with Gasteiger partial charge in [-0.2, -0.15) is 10.00 Å². The Morgan fingerprint density at radius 1 is 1.00 bits per heavy atom. The Bertz CT molecular complexity index is 573. The summed E-state index contributed by atoms with van der Waals surface area (Å²) in [6, 6.07) is 19.5. The highest BCUT2D eigenvalue weighted by Crippen LogP contribution is 2.45. The molecule has 0 heterocycles. The van der Waals surface area contributed by atoms with Gasteiger partial charge in [0.2, 0.25) is 0 Å². The summed E-state index contributed by atoms with van der Waals surface area (Å²) < 4.78 is 0. The van der Waals surface area contributed by atoms with Crippen molar-refractivity contribution in [2.75, 3.05) is 6.61 Å². The van der Waals surface area contributed by atoms with Crippen LogP contribution in [0.4, 0.5) is 0 Å². The summed E-state index contributed by atoms with van der Waals surface area (Å²) in [7, 11) is 0. The Kier molecular flexibility index (Phi) is 5.18. The molecule has 2 aromatic carbocycles. The molecule has 0 amide bonds. The number of aliphatic hydroxyl groups is 1. The maximum atomic E-state index is 9.10. The molecule has 0 aliphatic rings. The minimum Gasteiger partial charge on any atom is -0.394 e. The third-order valence-corrected chi connectivity index (χ3v) is 6.69. The first-order valence-corrected chi connectivity index (χ1v) is 9.17. The third-order valence-electron chi connectivity index (χ3n) is 2.85. The second-order valence-electron chi connectivity index (χ2n) is 4.48. The summed E-state index contributed by atoms with van der Waals surface area (Å²) in [5.41, 5.74) is 0. The number of hydrogen-bond donors (Lipinski definition) is 1. The van der Waals surface area contributed by atoms with Crippen molar-refractivity contribution in [2.24, 2.45) is 10.00 Å². The predicted molar refractivity (Wildman–Crippen MR) is 87.8 cm³/mol. The van der Waals surface area contributed by atoms with Crippen molar-refractivity contribution in [3.63, 3.8) is 0 Å². The number of hydrogen-bond acceptors (Lipinski definition) is 3. The van der Waals surface area contributed by atoms with Gasteiger partial charge >= 0.3 is 0 Å². The van der Waals surface area contributed by atoms with Gasteiger partial charge in [0.1, 0.15) is 6.19 Å². The lowest BCUT2D eigenvalue weighted by molar-refractivity contribution is 0.272. The quantitative estimate of drug-likeness (QED) is 0.682. The van der Waals surface area contributed by atoms with Crippen LogP contribution in [0.3, 0.4) is 0 Å². The third kappa shape index (κ3) is 3.40. The van der Waals surface area contributed by atoms with E-state index in [9.17, 15) is 0 Å². The summed E-state index contributed by atoms with van der Waals surface area (Å²) >= 11 is 5.87. The van der Waals surface area contributed by atoms with Crippen LogP contribution in [-0.2, 0) is 11.8 Å². The van der Waals surface area contributed by atoms with Gasteiger partial charge in [0, 0.05) is 10.6 Å². The van der Waals surface area contributed by atoms with Crippen molar-refractivity contribution >= 4 is 28.6 Å². The number of aliphatic hydroxyl groups excluding tert-OH is 1. The SMILES string of the molecule is CC(CO)/N=N/P(=S)(c1ccccc1)c1ccccc1. The largest absolute Gasteiger partial charge is 0.394 e. The molecule has 2 rings (SSSR count). The monoisotopic (exact) mass is 304 g/mol. The van der Waals surface area contributed by atoms with Crippen molar-refractivity contribution in [3.05, 3.63) is 60.7 Å². The van der Waals surface area contributed by atoms with Crippen LogP contribution in [0.2, 0.25) is 0 Å². The van der Waals surface area contributed by atoms with Gasteiger partial charge in [-0.25, -0.2) is 0 Å². The van der Waals surface area contributed by atoms with Crippen molar-refractivity contribution in [1.82, 2.24) is 0 Å². The molecule has 5 heteroatoms. The molecule has 3 nitrogen and oxygen atoms in total. The smallest absolute Gasteiger partial charge is 0.135 e. The van der Waals surface area contributed by atoms with Crippen molar-refractivity contribution in [1.29, 1.82) is 0 Å². The molecular formula is C15H17N2OPS. The average Bonchev–Trinajstić information content (AvgIpc) is 2.54. The fourth-order valence-electron chi connectivity index (χ4n) is 1.71. The fraction of sp³-hybridized carbons (Fsp3) is 0.200. The van der Waals surface area contributed by atoms with E-state index in [2.05, 4.69) is 10.00 Å². The number of nitrogens with zero attached hydrogens (tertiary/aromatic N) is 2. The van der Waals surface area contributed by atoms with Gasteiger partial charge in [-0.15, -0.1) is 0 Å². The highest BCUT2D eigenvalue weighted by atomic mass is 32.4. The van der Waals surface area contributed by atoms with Crippen LogP contribution >= 0.6 is 6.19 Å². The van der Waals surface area contributed by atoms with Crippen molar-refractivity contribution in [3.8, 4) is 0 Å². The van der Waals surface area contributed by atoms with Gasteiger partial charge in [0.25, 0.3) is 0 Å². The molecular weight excluding hydrogens is 287 g/mol. The van der Waals surface area contributed by atoms with E-state index in [0.29, 0.717) is 0 Å². The molecule has 0 spiro atoms. The van der Waals surface area contributed by atoms with Crippen LogP contribution < -0.4 is 10.6 Å². The summed E-state index contributed by atoms with van der Waals surface area (Å²) in [5, 5.41) is 15.3. The van der Waals surface area contributed by atoms with Crippen LogP contribution in [0.1, 0.15) is 6.92 Å². The standard InChI is InChI=1S/C15H17N2OPS/c1-13(12-18)16-17-19(20,14-8-4-2-5-9-14)15-10-6-3-7-11-15/h2-11,13,18H,12H2,1H3/b17-16+. The van der Waals surface area contributed by atoms with Crippen LogP contribution in [0.15, 0.2) is 70.7 Å². The molecule has 0 radical (unpaired) electrons. The van der Waals surface area contributed by atoms with Crippen LogP contribution in [0.5, 0.6) is 0 Å². The number of rotatable bonds is 5. The zero-order chi connectivity index (χ0) is 14.4. The van der Waals surface area contributed by atoms with Crippen molar-refractivity contribution in [2.45, 2.75) is 13.0 Å². The molecule has 0 aliphatic heterocycles. The first-order chi connectivity index (χ1) is 9.66. The molecule has 1 N–H and O–H groups in total. The second kappa shape index (κ2) is 6.89. The summed E-state index contributed by atoms with van der Waals surface area (Å²) in [4.78, 5) is 4.46. The normalized spacial score (nSPS) is 13.5. The van der Waals surface area contributed by atoms with E-state index in [0.717, 1.165) is 10.6 Å². The average molecular weight is 304 g/mol. The zero-order valence-corrected chi connectivity index (χ0v) is 13.0. The van der Waals surface area contributed by atoms with E-state index >= 15 is 0 Å². The lowest BCUT2D eigenvalue weighted by atomic mass is 10.4. The lowest BCUT2D eigenvalue weighted by Crippen LogP contribution is -2.14. The van der Waals surface area contributed by atoms with Gasteiger partial charge in [-0.05, 0) is 6.92 Å². The van der Waals surface area contributed by atoms with Gasteiger partial charge in [-0.1, -0.05) is 72.5 Å². The molecule has 0 aromatic heterocycles. The highest BCUT2D eigenvalue weighted by Gasteiger charge is 2.21. The molecule has 0 aliphatic carbocycles. The lowest BCUT2D eigenvalue weighted by Gasteiger charge is -2.17. The number of benzene rings is 2. The van der Waals surface area contributed by atoms with E-state index in [1.54, 1.807) is 0 Å². The molecule has 2 aromatic rings. The van der Waals surface area contributed by atoms with E-state index in [1.807, 2.05) is 67.6 Å². The Morgan fingerprint density at radius 2 is 1.45 bits per heavy atom. The minimum absolute atomic E-state index is 0.0254. The van der Waals surface area contributed by atoms with Crippen LogP contribution in [0.25, 0.3) is 0 Å². The van der Waals surface area contributed by atoms with Gasteiger partial charge in [-0.3, -0.25) is 0 Å². The Morgan fingerprint density at radius 3 is 1.85 bits per heavy atom. The highest BCUT2D eigenvalue weighted by molar-refractivity contribution is 8.21. The molecule has 0 saturated heterocycles. The first kappa shape index (κ1) is 15.0. The molecule has 0 saturated carbocycles. The van der Waals surface area contributed by atoms with E-state index < -0.39 is 6.19 Å². The molecule has 0 bridgehead atoms. The summed E-state index contributed by atoms with van der Waals surface area (Å²) in [6.45, 7) is 1.79. The van der Waals surface area contributed by atoms with Gasteiger partial charge in [0.15, 0.2) is 0 Å². The van der Waals surface area contributed by atoms with Gasteiger partial charge < -0.3 is 5.11 Å².